The molecule has 1 unspecified atom stereocenters. The van der Waals surface area contributed by atoms with Crippen molar-refractivity contribution in [3.05, 3.63) is 28.2 Å². The molecule has 2 nitrogen and oxygen atoms in total. The number of aryl methyl sites for hydroxylation is 1. The Labute approximate surface area is 104 Å². The van der Waals surface area contributed by atoms with Crippen molar-refractivity contribution in [1.82, 2.24) is 0 Å². The van der Waals surface area contributed by atoms with Crippen LogP contribution in [-0.2, 0) is 4.79 Å². The first kappa shape index (κ1) is 11.6. The number of benzene rings is 1. The zero-order chi connectivity index (χ0) is 11.5. The van der Waals surface area contributed by atoms with E-state index in [1.54, 1.807) is 0 Å². The van der Waals surface area contributed by atoms with Crippen LogP contribution in [0.5, 0.6) is 5.75 Å². The number of hydrogen-bond donors (Lipinski definition) is 0. The summed E-state index contributed by atoms with van der Waals surface area (Å²) >= 11 is 3.43. The van der Waals surface area contributed by atoms with Gasteiger partial charge in [-0.05, 0) is 37.5 Å². The van der Waals surface area contributed by atoms with E-state index in [1.165, 1.54) is 0 Å². The molecule has 2 rings (SSSR count). The highest BCUT2D eigenvalue weighted by Gasteiger charge is 2.21. The van der Waals surface area contributed by atoms with Crippen molar-refractivity contribution in [3.63, 3.8) is 0 Å². The molecule has 0 N–H and O–H groups in total. The standard InChI is InChI=1S/C13H15BrO2/c1-9-5-6-10(14)7-13(9)16-12-4-2-3-11(15)8-12/h5-7,12H,2-4,8H2,1H3. The normalized spacial score (nSPS) is 20.9. The van der Waals surface area contributed by atoms with Crippen molar-refractivity contribution in [3.8, 4) is 5.75 Å². The smallest absolute Gasteiger partial charge is 0.136 e. The average Bonchev–Trinajstić information content (AvgIpc) is 2.24. The molecule has 16 heavy (non-hydrogen) atoms. The molecule has 1 aromatic carbocycles. The molecule has 0 heterocycles. The number of halogens is 1. The zero-order valence-electron chi connectivity index (χ0n) is 9.33. The van der Waals surface area contributed by atoms with Gasteiger partial charge in [-0.3, -0.25) is 4.79 Å². The van der Waals surface area contributed by atoms with Gasteiger partial charge in [-0.15, -0.1) is 0 Å². The van der Waals surface area contributed by atoms with Crippen molar-refractivity contribution >= 4 is 21.7 Å². The maximum absolute atomic E-state index is 11.3. The molecule has 1 saturated carbocycles. The second kappa shape index (κ2) is 5.00. The predicted molar refractivity (Wildman–Crippen MR) is 66.8 cm³/mol. The number of ketones is 1. The Hall–Kier alpha value is -0.830. The lowest BCUT2D eigenvalue weighted by molar-refractivity contribution is -0.122. The van der Waals surface area contributed by atoms with Gasteiger partial charge >= 0.3 is 0 Å². The van der Waals surface area contributed by atoms with Crippen molar-refractivity contribution in [2.75, 3.05) is 0 Å². The quantitative estimate of drug-likeness (QED) is 0.828. The largest absolute Gasteiger partial charge is 0.490 e. The molecule has 3 heteroatoms. The minimum absolute atomic E-state index is 0.0641. The van der Waals surface area contributed by atoms with Gasteiger partial charge in [0.15, 0.2) is 0 Å². The van der Waals surface area contributed by atoms with E-state index >= 15 is 0 Å². The van der Waals surface area contributed by atoms with E-state index in [0.29, 0.717) is 12.2 Å². The summed E-state index contributed by atoms with van der Waals surface area (Å²) < 4.78 is 6.90. The molecule has 1 atom stereocenters. The first-order valence-corrected chi connectivity index (χ1v) is 6.39. The van der Waals surface area contributed by atoms with Crippen LogP contribution in [-0.4, -0.2) is 11.9 Å². The van der Waals surface area contributed by atoms with E-state index in [4.69, 9.17) is 4.74 Å². The van der Waals surface area contributed by atoms with Gasteiger partial charge in [0, 0.05) is 17.3 Å². The van der Waals surface area contributed by atoms with Crippen LogP contribution >= 0.6 is 15.9 Å². The molecule has 0 aromatic heterocycles. The minimum atomic E-state index is 0.0641. The fourth-order valence-corrected chi connectivity index (χ4v) is 2.31. The van der Waals surface area contributed by atoms with E-state index in [-0.39, 0.29) is 6.10 Å². The summed E-state index contributed by atoms with van der Waals surface area (Å²) in [6, 6.07) is 5.98. The monoisotopic (exact) mass is 282 g/mol. The van der Waals surface area contributed by atoms with Crippen LogP contribution in [0.4, 0.5) is 0 Å². The molecule has 0 spiro atoms. The first-order chi connectivity index (χ1) is 7.65. The van der Waals surface area contributed by atoms with E-state index in [1.807, 2.05) is 25.1 Å². The van der Waals surface area contributed by atoms with Crippen LogP contribution in [0, 0.1) is 6.92 Å². The second-order valence-electron chi connectivity index (χ2n) is 4.28. The molecule has 0 aliphatic heterocycles. The van der Waals surface area contributed by atoms with Crippen molar-refractivity contribution in [1.29, 1.82) is 0 Å². The summed E-state index contributed by atoms with van der Waals surface area (Å²) in [6.45, 7) is 2.02. The van der Waals surface area contributed by atoms with Crippen LogP contribution in [0.2, 0.25) is 0 Å². The number of carbonyl (C=O) groups excluding carboxylic acids is 1. The number of ether oxygens (including phenoxy) is 1. The lowest BCUT2D eigenvalue weighted by atomic mass is 9.96. The highest BCUT2D eigenvalue weighted by atomic mass is 79.9. The third-order valence-corrected chi connectivity index (χ3v) is 3.37. The Morgan fingerprint density at radius 2 is 2.25 bits per heavy atom. The Balaban J connectivity index is 2.08. The molecule has 0 bridgehead atoms. The number of Topliss-reactive ketones (excluding diaryl/α,β-unsaturated/α-hetero) is 1. The van der Waals surface area contributed by atoms with E-state index in [0.717, 1.165) is 35.0 Å². The number of rotatable bonds is 2. The summed E-state index contributed by atoms with van der Waals surface area (Å²) in [5.74, 6) is 1.21. The van der Waals surface area contributed by atoms with Crippen LogP contribution in [0.3, 0.4) is 0 Å². The van der Waals surface area contributed by atoms with Crippen LogP contribution in [0.1, 0.15) is 31.2 Å². The van der Waals surface area contributed by atoms with Gasteiger partial charge in [-0.2, -0.15) is 0 Å². The summed E-state index contributed by atoms with van der Waals surface area (Å²) in [4.78, 5) is 11.3. The van der Waals surface area contributed by atoms with Gasteiger partial charge in [-0.1, -0.05) is 22.0 Å². The van der Waals surface area contributed by atoms with Gasteiger partial charge in [-0.25, -0.2) is 0 Å². The maximum atomic E-state index is 11.3. The maximum Gasteiger partial charge on any atom is 0.136 e. The third-order valence-electron chi connectivity index (χ3n) is 2.88. The van der Waals surface area contributed by atoms with Gasteiger partial charge in [0.2, 0.25) is 0 Å². The molecule has 1 fully saturated rings. The topological polar surface area (TPSA) is 26.3 Å². The van der Waals surface area contributed by atoms with Crippen molar-refractivity contribution < 1.29 is 9.53 Å². The fraction of sp³-hybridized carbons (Fsp3) is 0.462. The lowest BCUT2D eigenvalue weighted by Gasteiger charge is -2.23. The average molecular weight is 283 g/mol. The van der Waals surface area contributed by atoms with E-state index in [2.05, 4.69) is 15.9 Å². The van der Waals surface area contributed by atoms with Crippen LogP contribution in [0.15, 0.2) is 22.7 Å². The van der Waals surface area contributed by atoms with Crippen LogP contribution < -0.4 is 4.74 Å². The minimum Gasteiger partial charge on any atom is -0.490 e. The molecule has 0 radical (unpaired) electrons. The lowest BCUT2D eigenvalue weighted by Crippen LogP contribution is -2.25. The summed E-state index contributed by atoms with van der Waals surface area (Å²) in [5.41, 5.74) is 1.11. The highest BCUT2D eigenvalue weighted by Crippen LogP contribution is 2.27. The Kier molecular flexibility index (Phi) is 3.64. The Bertz CT molecular complexity index is 401. The van der Waals surface area contributed by atoms with Crippen LogP contribution in [0.25, 0.3) is 0 Å². The van der Waals surface area contributed by atoms with E-state index < -0.39 is 0 Å². The zero-order valence-corrected chi connectivity index (χ0v) is 10.9. The first-order valence-electron chi connectivity index (χ1n) is 5.59. The molecule has 0 amide bonds. The number of carbonyl (C=O) groups is 1. The fourth-order valence-electron chi connectivity index (χ4n) is 1.97. The van der Waals surface area contributed by atoms with Gasteiger partial charge < -0.3 is 4.74 Å². The molecular weight excluding hydrogens is 268 g/mol. The van der Waals surface area contributed by atoms with E-state index in [9.17, 15) is 4.79 Å². The Morgan fingerprint density at radius 1 is 1.44 bits per heavy atom. The molecule has 1 aliphatic rings. The van der Waals surface area contributed by atoms with Crippen molar-refractivity contribution in [2.24, 2.45) is 0 Å². The molecule has 0 saturated heterocycles. The molecule has 86 valence electrons. The van der Waals surface area contributed by atoms with Gasteiger partial charge in [0.05, 0.1) is 0 Å². The third kappa shape index (κ3) is 2.85. The SMILES string of the molecule is Cc1ccc(Br)cc1OC1CCCC(=O)C1. The summed E-state index contributed by atoms with van der Waals surface area (Å²) in [5, 5.41) is 0. The summed E-state index contributed by atoms with van der Waals surface area (Å²) in [7, 11) is 0. The molecule has 1 aliphatic carbocycles. The molecular formula is C13H15BrO2. The Morgan fingerprint density at radius 3 is 3.00 bits per heavy atom. The van der Waals surface area contributed by atoms with Gasteiger partial charge in [0.25, 0.3) is 0 Å². The molecule has 1 aromatic rings. The highest BCUT2D eigenvalue weighted by molar-refractivity contribution is 9.10. The second-order valence-corrected chi connectivity index (χ2v) is 5.20. The number of hydrogen-bond acceptors (Lipinski definition) is 2. The van der Waals surface area contributed by atoms with Crippen molar-refractivity contribution in [2.45, 2.75) is 38.7 Å². The predicted octanol–water partition coefficient (Wildman–Crippen LogP) is 3.65. The summed E-state index contributed by atoms with van der Waals surface area (Å²) in [6.07, 6.45) is 3.28. The van der Waals surface area contributed by atoms with Gasteiger partial charge in [0.1, 0.15) is 17.6 Å².